The van der Waals surface area contributed by atoms with E-state index in [0.717, 1.165) is 18.9 Å². The van der Waals surface area contributed by atoms with Crippen molar-refractivity contribution >= 4 is 0 Å². The van der Waals surface area contributed by atoms with Crippen molar-refractivity contribution in [1.82, 2.24) is 5.32 Å². The predicted molar refractivity (Wildman–Crippen MR) is 52.9 cm³/mol. The van der Waals surface area contributed by atoms with E-state index in [0.29, 0.717) is 11.3 Å². The van der Waals surface area contributed by atoms with Gasteiger partial charge in [-0.3, -0.25) is 0 Å². The van der Waals surface area contributed by atoms with Gasteiger partial charge in [-0.2, -0.15) is 0 Å². The Morgan fingerprint density at radius 3 is 2.33 bits per heavy atom. The number of rotatable bonds is 3. The third-order valence-corrected chi connectivity index (χ3v) is 2.99. The van der Waals surface area contributed by atoms with Crippen LogP contribution in [0.3, 0.4) is 0 Å². The Morgan fingerprint density at radius 1 is 1.27 bits per heavy atom. The third kappa shape index (κ3) is 1.59. The largest absolute Gasteiger partial charge is 0.496 e. The molecule has 0 aliphatic heterocycles. The van der Waals surface area contributed by atoms with E-state index < -0.39 is 11.6 Å². The molecule has 0 bridgehead atoms. The van der Waals surface area contributed by atoms with Crippen molar-refractivity contribution in [2.75, 3.05) is 14.2 Å². The SMILES string of the molecule is CNC1(c2cc(F)c(F)cc2OC)CC1. The standard InChI is InChI=1S/C11H13F2NO/c1-14-11(3-4-11)7-5-8(12)9(13)6-10(7)15-2/h5-6,14H,3-4H2,1-2H3. The summed E-state index contributed by atoms with van der Waals surface area (Å²) in [7, 11) is 3.27. The maximum atomic E-state index is 13.1. The summed E-state index contributed by atoms with van der Waals surface area (Å²) < 4.78 is 31.2. The molecule has 2 nitrogen and oxygen atoms in total. The average Bonchev–Trinajstić information content (AvgIpc) is 3.02. The summed E-state index contributed by atoms with van der Waals surface area (Å²) in [6, 6.07) is 2.32. The normalized spacial score (nSPS) is 17.6. The smallest absolute Gasteiger partial charge is 0.162 e. The highest BCUT2D eigenvalue weighted by Crippen LogP contribution is 2.48. The van der Waals surface area contributed by atoms with E-state index in [4.69, 9.17) is 4.74 Å². The van der Waals surface area contributed by atoms with Gasteiger partial charge in [-0.05, 0) is 26.0 Å². The molecule has 1 N–H and O–H groups in total. The van der Waals surface area contributed by atoms with Gasteiger partial charge in [-0.1, -0.05) is 0 Å². The Bertz CT molecular complexity index is 388. The maximum Gasteiger partial charge on any atom is 0.162 e. The van der Waals surface area contributed by atoms with Gasteiger partial charge in [0, 0.05) is 17.2 Å². The summed E-state index contributed by atoms with van der Waals surface area (Å²) in [6.45, 7) is 0. The van der Waals surface area contributed by atoms with Crippen LogP contribution in [0.25, 0.3) is 0 Å². The number of halogens is 2. The lowest BCUT2D eigenvalue weighted by Gasteiger charge is -2.18. The molecule has 1 aromatic carbocycles. The van der Waals surface area contributed by atoms with Crippen molar-refractivity contribution in [3.8, 4) is 5.75 Å². The molecule has 2 rings (SSSR count). The zero-order valence-electron chi connectivity index (χ0n) is 8.73. The van der Waals surface area contributed by atoms with Gasteiger partial charge in [0.15, 0.2) is 11.6 Å². The molecule has 0 spiro atoms. The van der Waals surface area contributed by atoms with E-state index in [1.54, 1.807) is 0 Å². The van der Waals surface area contributed by atoms with Gasteiger partial charge >= 0.3 is 0 Å². The Kier molecular flexibility index (Phi) is 2.38. The Balaban J connectivity index is 2.50. The molecule has 0 radical (unpaired) electrons. The fourth-order valence-electron chi connectivity index (χ4n) is 1.85. The number of ether oxygens (including phenoxy) is 1. The Hall–Kier alpha value is -1.16. The van der Waals surface area contributed by atoms with Crippen LogP contribution in [0.15, 0.2) is 12.1 Å². The number of hydrogen-bond acceptors (Lipinski definition) is 2. The first kappa shape index (κ1) is 10.4. The number of hydrogen-bond donors (Lipinski definition) is 1. The minimum absolute atomic E-state index is 0.222. The number of benzene rings is 1. The second kappa shape index (κ2) is 3.45. The van der Waals surface area contributed by atoms with Gasteiger partial charge in [-0.25, -0.2) is 8.78 Å². The topological polar surface area (TPSA) is 21.3 Å². The fourth-order valence-corrected chi connectivity index (χ4v) is 1.85. The summed E-state index contributed by atoms with van der Waals surface area (Å²) >= 11 is 0. The molecule has 1 aliphatic rings. The molecule has 0 saturated heterocycles. The fraction of sp³-hybridized carbons (Fsp3) is 0.455. The summed E-state index contributed by atoms with van der Waals surface area (Å²) in [4.78, 5) is 0. The van der Waals surface area contributed by atoms with Crippen molar-refractivity contribution in [2.24, 2.45) is 0 Å². The lowest BCUT2D eigenvalue weighted by atomic mass is 10.0. The molecule has 82 valence electrons. The van der Waals surface area contributed by atoms with E-state index in [1.165, 1.54) is 13.2 Å². The van der Waals surface area contributed by atoms with Crippen LogP contribution in [0, 0.1) is 11.6 Å². The molecule has 1 saturated carbocycles. The van der Waals surface area contributed by atoms with Gasteiger partial charge in [0.1, 0.15) is 5.75 Å². The lowest BCUT2D eigenvalue weighted by Crippen LogP contribution is -2.25. The summed E-state index contributed by atoms with van der Waals surface area (Å²) in [5.41, 5.74) is 0.478. The zero-order valence-corrected chi connectivity index (χ0v) is 8.73. The van der Waals surface area contributed by atoms with Crippen LogP contribution in [0.4, 0.5) is 8.78 Å². The van der Waals surface area contributed by atoms with Crippen LogP contribution in [0.5, 0.6) is 5.75 Å². The van der Waals surface area contributed by atoms with E-state index in [-0.39, 0.29) is 5.54 Å². The van der Waals surface area contributed by atoms with Gasteiger partial charge in [-0.15, -0.1) is 0 Å². The molecule has 4 heteroatoms. The van der Waals surface area contributed by atoms with E-state index in [2.05, 4.69) is 5.32 Å². The lowest BCUT2D eigenvalue weighted by molar-refractivity contribution is 0.389. The minimum atomic E-state index is -0.873. The first-order valence-electron chi connectivity index (χ1n) is 4.85. The van der Waals surface area contributed by atoms with Crippen molar-refractivity contribution in [1.29, 1.82) is 0 Å². The van der Waals surface area contributed by atoms with Gasteiger partial charge in [0.2, 0.25) is 0 Å². The minimum Gasteiger partial charge on any atom is -0.496 e. The average molecular weight is 213 g/mol. The molecule has 1 fully saturated rings. The van der Waals surface area contributed by atoms with E-state index in [1.807, 2.05) is 7.05 Å². The van der Waals surface area contributed by atoms with Gasteiger partial charge < -0.3 is 10.1 Å². The Labute approximate surface area is 87.2 Å². The molecular formula is C11H13F2NO. The molecule has 1 aromatic rings. The zero-order chi connectivity index (χ0) is 11.1. The van der Waals surface area contributed by atoms with Crippen LogP contribution >= 0.6 is 0 Å². The first-order chi connectivity index (χ1) is 7.13. The highest BCUT2D eigenvalue weighted by Gasteiger charge is 2.45. The van der Waals surface area contributed by atoms with E-state index >= 15 is 0 Å². The summed E-state index contributed by atoms with van der Waals surface area (Å²) in [5, 5.41) is 3.12. The summed E-state index contributed by atoms with van der Waals surface area (Å²) in [6.07, 6.45) is 1.84. The van der Waals surface area contributed by atoms with Gasteiger partial charge in [0.25, 0.3) is 0 Å². The van der Waals surface area contributed by atoms with Crippen LogP contribution in [0.1, 0.15) is 18.4 Å². The highest BCUT2D eigenvalue weighted by molar-refractivity contribution is 5.43. The number of methoxy groups -OCH3 is 1. The predicted octanol–water partition coefficient (Wildman–Crippen LogP) is 2.18. The summed E-state index contributed by atoms with van der Waals surface area (Å²) in [5.74, 6) is -1.30. The molecule has 0 heterocycles. The third-order valence-electron chi connectivity index (χ3n) is 2.99. The quantitative estimate of drug-likeness (QED) is 0.831. The molecule has 1 aliphatic carbocycles. The molecule has 0 aromatic heterocycles. The molecule has 0 atom stereocenters. The van der Waals surface area contributed by atoms with Crippen molar-refractivity contribution in [3.63, 3.8) is 0 Å². The van der Waals surface area contributed by atoms with Crippen LogP contribution < -0.4 is 10.1 Å². The van der Waals surface area contributed by atoms with Crippen molar-refractivity contribution in [2.45, 2.75) is 18.4 Å². The molecule has 15 heavy (non-hydrogen) atoms. The Morgan fingerprint density at radius 2 is 1.87 bits per heavy atom. The van der Waals surface area contributed by atoms with Crippen LogP contribution in [-0.2, 0) is 5.54 Å². The first-order valence-corrected chi connectivity index (χ1v) is 4.85. The molecule has 0 unspecified atom stereocenters. The monoisotopic (exact) mass is 213 g/mol. The molecule has 0 amide bonds. The second-order valence-corrected chi connectivity index (χ2v) is 3.80. The van der Waals surface area contributed by atoms with E-state index in [9.17, 15) is 8.78 Å². The molecular weight excluding hydrogens is 200 g/mol. The van der Waals surface area contributed by atoms with Crippen molar-refractivity contribution < 1.29 is 13.5 Å². The van der Waals surface area contributed by atoms with Crippen LogP contribution in [-0.4, -0.2) is 14.2 Å². The van der Waals surface area contributed by atoms with Crippen molar-refractivity contribution in [3.05, 3.63) is 29.3 Å². The highest BCUT2D eigenvalue weighted by atomic mass is 19.2. The number of nitrogens with one attached hydrogen (secondary N) is 1. The maximum absolute atomic E-state index is 13.1. The van der Waals surface area contributed by atoms with Gasteiger partial charge in [0.05, 0.1) is 7.11 Å². The second-order valence-electron chi connectivity index (χ2n) is 3.80. The van der Waals surface area contributed by atoms with Crippen LogP contribution in [0.2, 0.25) is 0 Å².